The molecule has 24 heavy (non-hydrogen) atoms. The summed E-state index contributed by atoms with van der Waals surface area (Å²) in [5.41, 5.74) is 0.625. The van der Waals surface area contributed by atoms with E-state index in [-0.39, 0.29) is 23.4 Å². The number of aromatic hydroxyl groups is 1. The standard InChI is InChI=1S/C18H23N3O3/c1-2-17(23)19-14-11-12(6-7-16(14)22)18(24)20-13-8-10-21-9-4-3-5-15(13)21/h2,6-7,11,13,15,22H,1,3-5,8-10H2,(H,19,23)(H,20,24). The van der Waals surface area contributed by atoms with E-state index in [0.29, 0.717) is 11.6 Å². The van der Waals surface area contributed by atoms with Crippen molar-refractivity contribution in [1.29, 1.82) is 0 Å². The first-order valence-corrected chi connectivity index (χ1v) is 8.40. The quantitative estimate of drug-likeness (QED) is 0.582. The van der Waals surface area contributed by atoms with E-state index >= 15 is 0 Å². The van der Waals surface area contributed by atoms with Crippen LogP contribution in [0, 0.1) is 0 Å². The molecule has 0 spiro atoms. The molecule has 2 unspecified atom stereocenters. The Morgan fingerprint density at radius 2 is 2.08 bits per heavy atom. The molecule has 3 N–H and O–H groups in total. The monoisotopic (exact) mass is 329 g/mol. The van der Waals surface area contributed by atoms with Gasteiger partial charge in [-0.3, -0.25) is 14.5 Å². The summed E-state index contributed by atoms with van der Waals surface area (Å²) < 4.78 is 0. The number of fused-ring (bicyclic) bond motifs is 1. The van der Waals surface area contributed by atoms with Crippen molar-refractivity contribution in [2.75, 3.05) is 18.4 Å². The first-order valence-electron chi connectivity index (χ1n) is 8.40. The van der Waals surface area contributed by atoms with E-state index in [2.05, 4.69) is 22.1 Å². The van der Waals surface area contributed by atoms with Crippen LogP contribution in [-0.2, 0) is 4.79 Å². The lowest BCUT2D eigenvalue weighted by molar-refractivity contribution is -0.111. The molecule has 1 aromatic carbocycles. The van der Waals surface area contributed by atoms with Gasteiger partial charge in [0, 0.05) is 24.2 Å². The maximum Gasteiger partial charge on any atom is 0.251 e. The molecule has 0 aliphatic carbocycles. The fourth-order valence-corrected chi connectivity index (χ4v) is 3.63. The van der Waals surface area contributed by atoms with Crippen LogP contribution >= 0.6 is 0 Å². The number of nitrogens with zero attached hydrogens (tertiary/aromatic N) is 1. The van der Waals surface area contributed by atoms with Gasteiger partial charge < -0.3 is 15.7 Å². The van der Waals surface area contributed by atoms with Crippen LogP contribution in [0.2, 0.25) is 0 Å². The number of carbonyl (C=O) groups excluding carboxylic acids is 2. The van der Waals surface area contributed by atoms with Gasteiger partial charge in [0.1, 0.15) is 5.75 Å². The fraction of sp³-hybridized carbons (Fsp3) is 0.444. The maximum absolute atomic E-state index is 12.5. The molecule has 2 fully saturated rings. The number of rotatable bonds is 4. The summed E-state index contributed by atoms with van der Waals surface area (Å²) in [7, 11) is 0. The average molecular weight is 329 g/mol. The Morgan fingerprint density at radius 3 is 2.88 bits per heavy atom. The highest BCUT2D eigenvalue weighted by Crippen LogP contribution is 2.28. The average Bonchev–Trinajstić information content (AvgIpc) is 2.99. The lowest BCUT2D eigenvalue weighted by atomic mass is 9.98. The Morgan fingerprint density at radius 1 is 1.25 bits per heavy atom. The third kappa shape index (κ3) is 3.43. The number of benzene rings is 1. The Kier molecular flexibility index (Phi) is 4.85. The molecule has 0 aromatic heterocycles. The molecular weight excluding hydrogens is 306 g/mol. The molecule has 3 rings (SSSR count). The van der Waals surface area contributed by atoms with Crippen LogP contribution in [0.25, 0.3) is 0 Å². The van der Waals surface area contributed by atoms with Crippen LogP contribution in [0.3, 0.4) is 0 Å². The van der Waals surface area contributed by atoms with Crippen molar-refractivity contribution >= 4 is 17.5 Å². The van der Waals surface area contributed by atoms with Crippen LogP contribution < -0.4 is 10.6 Å². The molecule has 2 aliphatic heterocycles. The van der Waals surface area contributed by atoms with Crippen LogP contribution in [0.15, 0.2) is 30.9 Å². The molecule has 6 heteroatoms. The Bertz CT molecular complexity index is 659. The lowest BCUT2D eigenvalue weighted by Gasteiger charge is -2.32. The van der Waals surface area contributed by atoms with E-state index in [9.17, 15) is 14.7 Å². The van der Waals surface area contributed by atoms with Crippen molar-refractivity contribution < 1.29 is 14.7 Å². The molecule has 0 radical (unpaired) electrons. The van der Waals surface area contributed by atoms with E-state index in [1.165, 1.54) is 25.0 Å². The van der Waals surface area contributed by atoms with E-state index in [1.54, 1.807) is 6.07 Å². The molecule has 128 valence electrons. The van der Waals surface area contributed by atoms with Gasteiger partial charge in [-0.25, -0.2) is 0 Å². The minimum Gasteiger partial charge on any atom is -0.506 e. The number of amides is 2. The Hall–Kier alpha value is -2.34. The van der Waals surface area contributed by atoms with Gasteiger partial charge in [0.25, 0.3) is 5.91 Å². The number of nitrogens with one attached hydrogen (secondary N) is 2. The second-order valence-corrected chi connectivity index (χ2v) is 6.39. The zero-order chi connectivity index (χ0) is 17.1. The topological polar surface area (TPSA) is 81.7 Å². The summed E-state index contributed by atoms with van der Waals surface area (Å²) in [5, 5.41) is 15.4. The normalized spacial score (nSPS) is 23.3. The molecular formula is C18H23N3O3. The summed E-state index contributed by atoms with van der Waals surface area (Å²) in [5.74, 6) is -0.695. The van der Waals surface area contributed by atoms with Gasteiger partial charge in [-0.05, 0) is 50.1 Å². The summed E-state index contributed by atoms with van der Waals surface area (Å²) in [6, 6.07) is 5.05. The molecule has 2 amide bonds. The summed E-state index contributed by atoms with van der Waals surface area (Å²) in [6.45, 7) is 5.53. The summed E-state index contributed by atoms with van der Waals surface area (Å²) >= 11 is 0. The SMILES string of the molecule is C=CC(=O)Nc1cc(C(=O)NC2CCN3CCCCC23)ccc1O. The van der Waals surface area contributed by atoms with Crippen molar-refractivity contribution in [1.82, 2.24) is 10.2 Å². The van der Waals surface area contributed by atoms with Gasteiger partial charge >= 0.3 is 0 Å². The number of phenols is 1. The van der Waals surface area contributed by atoms with Gasteiger partial charge in [-0.1, -0.05) is 13.0 Å². The summed E-state index contributed by atoms with van der Waals surface area (Å²) in [6.07, 6.45) is 5.66. The Balaban J connectivity index is 1.69. The van der Waals surface area contributed by atoms with Crippen LogP contribution in [-0.4, -0.2) is 47.0 Å². The molecule has 2 aliphatic rings. The second-order valence-electron chi connectivity index (χ2n) is 6.39. The Labute approximate surface area is 141 Å². The predicted octanol–water partition coefficient (Wildman–Crippen LogP) is 1.87. The number of carbonyl (C=O) groups is 2. The first kappa shape index (κ1) is 16.5. The van der Waals surface area contributed by atoms with Gasteiger partial charge in [-0.2, -0.15) is 0 Å². The number of phenolic OH excluding ortho intramolecular Hbond substituents is 1. The third-order valence-electron chi connectivity index (χ3n) is 4.87. The maximum atomic E-state index is 12.5. The van der Waals surface area contributed by atoms with Gasteiger partial charge in [0.2, 0.25) is 5.91 Å². The van der Waals surface area contributed by atoms with Crippen LogP contribution in [0.1, 0.15) is 36.0 Å². The zero-order valence-corrected chi connectivity index (χ0v) is 13.6. The molecule has 6 nitrogen and oxygen atoms in total. The van der Waals surface area contributed by atoms with Crippen LogP contribution in [0.5, 0.6) is 5.75 Å². The molecule has 1 aromatic rings. The minimum absolute atomic E-state index is 0.0823. The highest BCUT2D eigenvalue weighted by atomic mass is 16.3. The second kappa shape index (κ2) is 7.05. The van der Waals surface area contributed by atoms with Crippen molar-refractivity contribution in [2.24, 2.45) is 0 Å². The molecule has 2 heterocycles. The zero-order valence-electron chi connectivity index (χ0n) is 13.6. The number of hydrogen-bond donors (Lipinski definition) is 3. The molecule has 0 bridgehead atoms. The van der Waals surface area contributed by atoms with E-state index in [1.807, 2.05) is 0 Å². The van der Waals surface area contributed by atoms with Crippen molar-refractivity contribution in [3.8, 4) is 5.75 Å². The smallest absolute Gasteiger partial charge is 0.251 e. The number of piperidine rings is 1. The number of hydrogen-bond acceptors (Lipinski definition) is 4. The third-order valence-corrected chi connectivity index (χ3v) is 4.87. The highest BCUT2D eigenvalue weighted by Gasteiger charge is 2.36. The lowest BCUT2D eigenvalue weighted by Crippen LogP contribution is -2.46. The van der Waals surface area contributed by atoms with Crippen molar-refractivity contribution in [2.45, 2.75) is 37.8 Å². The van der Waals surface area contributed by atoms with E-state index in [4.69, 9.17) is 0 Å². The van der Waals surface area contributed by atoms with Crippen molar-refractivity contribution in [3.63, 3.8) is 0 Å². The summed E-state index contributed by atoms with van der Waals surface area (Å²) in [4.78, 5) is 26.4. The molecule has 2 saturated heterocycles. The largest absolute Gasteiger partial charge is 0.506 e. The predicted molar refractivity (Wildman–Crippen MR) is 92.0 cm³/mol. The van der Waals surface area contributed by atoms with E-state index in [0.717, 1.165) is 32.0 Å². The fourth-order valence-electron chi connectivity index (χ4n) is 3.63. The number of anilines is 1. The van der Waals surface area contributed by atoms with Crippen molar-refractivity contribution in [3.05, 3.63) is 36.4 Å². The minimum atomic E-state index is -0.434. The molecule has 0 saturated carbocycles. The highest BCUT2D eigenvalue weighted by molar-refractivity contribution is 6.02. The molecule has 2 atom stereocenters. The van der Waals surface area contributed by atoms with Gasteiger partial charge in [-0.15, -0.1) is 0 Å². The van der Waals surface area contributed by atoms with E-state index < -0.39 is 5.91 Å². The first-order chi connectivity index (χ1) is 11.6. The van der Waals surface area contributed by atoms with Gasteiger partial charge in [0.05, 0.1) is 5.69 Å². The van der Waals surface area contributed by atoms with Gasteiger partial charge in [0.15, 0.2) is 0 Å². The van der Waals surface area contributed by atoms with Crippen LogP contribution in [0.4, 0.5) is 5.69 Å².